The van der Waals surface area contributed by atoms with Crippen LogP contribution < -0.4 is 0 Å². The smallest absolute Gasteiger partial charge is 0.338 e. The molecule has 236 valence electrons. The molecule has 2 aromatic carbocycles. The highest BCUT2D eigenvalue weighted by Gasteiger charge is 2.22. The van der Waals surface area contributed by atoms with Gasteiger partial charge in [-0.15, -0.1) is 0 Å². The van der Waals surface area contributed by atoms with Crippen LogP contribution in [-0.2, 0) is 23.8 Å². The van der Waals surface area contributed by atoms with E-state index in [1.54, 1.807) is 36.4 Å². The standard InChI is InChI=1S/C35H54O6S/c1-3-4-5-6-7-8-9-10-11-12-13-14-15-16-17-21-28-39-29-33(41-35(36)32-22-19-18-20-23-32)30-40-42(37,38)34-26-24-31(2)25-27-34/h18-20,22-27,33H,3-17,21,28-30H2,1-2H3. The minimum absolute atomic E-state index is 0.0651. The molecule has 0 radical (unpaired) electrons. The summed E-state index contributed by atoms with van der Waals surface area (Å²) in [4.78, 5) is 12.7. The molecule has 1 atom stereocenters. The second-order valence-corrected chi connectivity index (χ2v) is 12.9. The van der Waals surface area contributed by atoms with Gasteiger partial charge in [0.25, 0.3) is 10.1 Å². The third-order valence-electron chi connectivity index (χ3n) is 7.45. The van der Waals surface area contributed by atoms with E-state index in [1.165, 1.54) is 102 Å². The zero-order chi connectivity index (χ0) is 30.3. The molecule has 0 fully saturated rings. The zero-order valence-electron chi connectivity index (χ0n) is 26.1. The maximum atomic E-state index is 12.6. The fraction of sp³-hybridized carbons (Fsp3) is 0.629. The lowest BCUT2D eigenvalue weighted by Crippen LogP contribution is -2.30. The lowest BCUT2D eigenvalue weighted by atomic mass is 10.0. The van der Waals surface area contributed by atoms with Gasteiger partial charge in [-0.2, -0.15) is 8.42 Å². The van der Waals surface area contributed by atoms with E-state index in [4.69, 9.17) is 13.7 Å². The molecule has 0 N–H and O–H groups in total. The van der Waals surface area contributed by atoms with Crippen molar-refractivity contribution in [3.8, 4) is 0 Å². The number of aryl methyl sites for hydroxylation is 1. The van der Waals surface area contributed by atoms with Crippen molar-refractivity contribution >= 4 is 16.1 Å². The molecule has 0 saturated heterocycles. The van der Waals surface area contributed by atoms with Crippen LogP contribution in [0.5, 0.6) is 0 Å². The molecule has 0 bridgehead atoms. The molecular formula is C35H54O6S. The van der Waals surface area contributed by atoms with Crippen molar-refractivity contribution in [2.75, 3.05) is 19.8 Å². The predicted octanol–water partition coefficient (Wildman–Crippen LogP) is 9.20. The zero-order valence-corrected chi connectivity index (χ0v) is 26.9. The van der Waals surface area contributed by atoms with Crippen LogP contribution in [0.3, 0.4) is 0 Å². The number of carbonyl (C=O) groups excluding carboxylic acids is 1. The van der Waals surface area contributed by atoms with Crippen molar-refractivity contribution in [3.63, 3.8) is 0 Å². The van der Waals surface area contributed by atoms with Gasteiger partial charge in [0, 0.05) is 6.61 Å². The third-order valence-corrected chi connectivity index (χ3v) is 8.74. The summed E-state index contributed by atoms with van der Waals surface area (Å²) in [5.74, 6) is -0.539. The summed E-state index contributed by atoms with van der Waals surface area (Å²) in [7, 11) is -3.98. The van der Waals surface area contributed by atoms with Crippen molar-refractivity contribution in [3.05, 3.63) is 65.7 Å². The van der Waals surface area contributed by atoms with Gasteiger partial charge < -0.3 is 9.47 Å². The van der Waals surface area contributed by atoms with Crippen molar-refractivity contribution in [2.24, 2.45) is 0 Å². The van der Waals surface area contributed by atoms with E-state index in [9.17, 15) is 13.2 Å². The van der Waals surface area contributed by atoms with E-state index in [0.29, 0.717) is 12.2 Å². The van der Waals surface area contributed by atoms with Crippen LogP contribution in [0.4, 0.5) is 0 Å². The van der Waals surface area contributed by atoms with Crippen LogP contribution in [0.15, 0.2) is 59.5 Å². The van der Waals surface area contributed by atoms with Crippen LogP contribution in [-0.4, -0.2) is 40.3 Å². The van der Waals surface area contributed by atoms with Gasteiger partial charge in [0.05, 0.1) is 17.1 Å². The number of hydrogen-bond donors (Lipinski definition) is 0. The normalized spacial score (nSPS) is 12.3. The molecule has 0 amide bonds. The summed E-state index contributed by atoms with van der Waals surface area (Å²) in [6.45, 7) is 4.44. The van der Waals surface area contributed by atoms with E-state index in [2.05, 4.69) is 6.92 Å². The Kier molecular flexibility index (Phi) is 19.1. The third kappa shape index (κ3) is 16.4. The Bertz CT molecular complexity index is 1050. The maximum Gasteiger partial charge on any atom is 0.338 e. The summed E-state index contributed by atoms with van der Waals surface area (Å²) in [6, 6.07) is 15.0. The lowest BCUT2D eigenvalue weighted by molar-refractivity contribution is -0.0196. The van der Waals surface area contributed by atoms with Gasteiger partial charge in [0.1, 0.15) is 6.61 Å². The molecule has 7 heteroatoms. The molecule has 42 heavy (non-hydrogen) atoms. The quantitative estimate of drug-likeness (QED) is 0.0640. The molecule has 0 aliphatic heterocycles. The summed E-state index contributed by atoms with van der Waals surface area (Å²) >= 11 is 0. The monoisotopic (exact) mass is 602 g/mol. The van der Waals surface area contributed by atoms with Gasteiger partial charge in [0.15, 0.2) is 6.10 Å². The maximum absolute atomic E-state index is 12.6. The van der Waals surface area contributed by atoms with E-state index < -0.39 is 22.2 Å². The number of unbranched alkanes of at least 4 members (excludes halogenated alkanes) is 15. The molecule has 0 aliphatic carbocycles. The SMILES string of the molecule is CCCCCCCCCCCCCCCCCCOCC(COS(=O)(=O)c1ccc(C)cc1)OC(=O)c1ccccc1. The Balaban J connectivity index is 1.60. The minimum atomic E-state index is -3.98. The Morgan fingerprint density at radius 1 is 0.667 bits per heavy atom. The van der Waals surface area contributed by atoms with Crippen molar-refractivity contribution < 1.29 is 26.9 Å². The summed E-state index contributed by atoms with van der Waals surface area (Å²) in [5, 5.41) is 0. The van der Waals surface area contributed by atoms with Gasteiger partial charge in [-0.3, -0.25) is 4.18 Å². The number of benzene rings is 2. The molecular weight excluding hydrogens is 548 g/mol. The molecule has 0 saturated carbocycles. The van der Waals surface area contributed by atoms with E-state index in [0.717, 1.165) is 18.4 Å². The molecule has 2 aromatic rings. The number of ether oxygens (including phenoxy) is 2. The highest BCUT2D eigenvalue weighted by Crippen LogP contribution is 2.16. The summed E-state index contributed by atoms with van der Waals surface area (Å²) in [6.07, 6.45) is 20.1. The first kappa shape index (κ1) is 36.0. The number of rotatable bonds is 25. The van der Waals surface area contributed by atoms with Gasteiger partial charge in [-0.05, 0) is 37.6 Å². The molecule has 0 aromatic heterocycles. The Morgan fingerprint density at radius 2 is 1.17 bits per heavy atom. The van der Waals surface area contributed by atoms with Crippen molar-refractivity contribution in [2.45, 2.75) is 128 Å². The van der Waals surface area contributed by atoms with E-state index in [-0.39, 0.29) is 18.1 Å². The number of hydrogen-bond acceptors (Lipinski definition) is 6. The Hall–Kier alpha value is -2.22. The van der Waals surface area contributed by atoms with E-state index >= 15 is 0 Å². The molecule has 0 heterocycles. The second kappa shape index (κ2) is 22.3. The highest BCUT2D eigenvalue weighted by molar-refractivity contribution is 7.86. The van der Waals surface area contributed by atoms with Crippen LogP contribution in [0.1, 0.15) is 126 Å². The Morgan fingerprint density at radius 3 is 1.69 bits per heavy atom. The fourth-order valence-corrected chi connectivity index (χ4v) is 5.75. The minimum Gasteiger partial charge on any atom is -0.454 e. The summed E-state index contributed by atoms with van der Waals surface area (Å²) in [5.41, 5.74) is 1.34. The number of esters is 1. The molecule has 0 aliphatic rings. The first-order valence-electron chi connectivity index (χ1n) is 16.2. The van der Waals surface area contributed by atoms with Crippen LogP contribution in [0, 0.1) is 6.92 Å². The highest BCUT2D eigenvalue weighted by atomic mass is 32.2. The van der Waals surface area contributed by atoms with Gasteiger partial charge >= 0.3 is 5.97 Å². The first-order chi connectivity index (χ1) is 20.4. The van der Waals surface area contributed by atoms with Gasteiger partial charge in [0.2, 0.25) is 0 Å². The first-order valence-corrected chi connectivity index (χ1v) is 17.6. The molecule has 6 nitrogen and oxygen atoms in total. The number of carbonyl (C=O) groups is 1. The van der Waals surface area contributed by atoms with Crippen LogP contribution in [0.25, 0.3) is 0 Å². The fourth-order valence-electron chi connectivity index (χ4n) is 4.82. The van der Waals surface area contributed by atoms with Crippen molar-refractivity contribution in [1.29, 1.82) is 0 Å². The second-order valence-electron chi connectivity index (χ2n) is 11.3. The van der Waals surface area contributed by atoms with E-state index in [1.807, 2.05) is 13.0 Å². The van der Waals surface area contributed by atoms with Crippen LogP contribution in [0.2, 0.25) is 0 Å². The largest absolute Gasteiger partial charge is 0.454 e. The average Bonchev–Trinajstić information content (AvgIpc) is 2.99. The lowest BCUT2D eigenvalue weighted by Gasteiger charge is -2.18. The Labute approximate surface area is 255 Å². The average molecular weight is 603 g/mol. The molecule has 1 unspecified atom stereocenters. The summed E-state index contributed by atoms with van der Waals surface area (Å²) < 4.78 is 41.9. The van der Waals surface area contributed by atoms with Crippen molar-refractivity contribution in [1.82, 2.24) is 0 Å². The molecule has 2 rings (SSSR count). The topological polar surface area (TPSA) is 78.9 Å². The van der Waals surface area contributed by atoms with Gasteiger partial charge in [-0.25, -0.2) is 4.79 Å². The molecule has 0 spiro atoms. The van der Waals surface area contributed by atoms with Crippen LogP contribution >= 0.6 is 0 Å². The van der Waals surface area contributed by atoms with Gasteiger partial charge in [-0.1, -0.05) is 139 Å². The predicted molar refractivity (Wildman–Crippen MR) is 170 cm³/mol.